The van der Waals surface area contributed by atoms with Crippen LogP contribution in [0.3, 0.4) is 0 Å². The molecule has 0 amide bonds. The maximum absolute atomic E-state index is 15.0. The first kappa shape index (κ1) is 24.1. The summed E-state index contributed by atoms with van der Waals surface area (Å²) in [5, 5.41) is 0. The maximum Gasteiger partial charge on any atom is 0.201 e. The number of halogens is 3. The normalized spacial score (nSPS) is 18.0. The van der Waals surface area contributed by atoms with E-state index in [4.69, 9.17) is 9.47 Å². The Bertz CT molecular complexity index is 1130. The Hall–Kier alpha value is -3.05. The van der Waals surface area contributed by atoms with Crippen LogP contribution >= 0.6 is 0 Å². The highest BCUT2D eigenvalue weighted by atomic mass is 19.2. The first-order valence-electron chi connectivity index (χ1n) is 11.7. The van der Waals surface area contributed by atoms with Gasteiger partial charge < -0.3 is 9.47 Å². The Morgan fingerprint density at radius 3 is 2.18 bits per heavy atom. The number of hydrogen-bond donors (Lipinski definition) is 0. The minimum Gasteiger partial charge on any atom is -0.486 e. The lowest BCUT2D eigenvalue weighted by Crippen LogP contribution is -2.21. The first-order valence-corrected chi connectivity index (χ1v) is 11.7. The van der Waals surface area contributed by atoms with E-state index in [1.807, 2.05) is 19.1 Å². The van der Waals surface area contributed by atoms with Crippen molar-refractivity contribution in [2.24, 2.45) is 0 Å². The second kappa shape index (κ2) is 10.9. The fraction of sp³-hybridized carbons (Fsp3) is 0.310. The zero-order chi connectivity index (χ0) is 24.1. The summed E-state index contributed by atoms with van der Waals surface area (Å²) in [6, 6.07) is 15.2. The molecule has 3 aromatic rings. The zero-order valence-corrected chi connectivity index (χ0v) is 19.3. The van der Waals surface area contributed by atoms with E-state index in [9.17, 15) is 13.2 Å². The van der Waals surface area contributed by atoms with Crippen molar-refractivity contribution >= 4 is 0 Å². The van der Waals surface area contributed by atoms with Crippen molar-refractivity contribution in [3.05, 3.63) is 90.3 Å². The van der Waals surface area contributed by atoms with Crippen molar-refractivity contribution in [1.29, 1.82) is 0 Å². The minimum atomic E-state index is -1.03. The van der Waals surface area contributed by atoms with Gasteiger partial charge in [0.15, 0.2) is 11.6 Å². The smallest absolute Gasteiger partial charge is 0.201 e. The molecule has 0 bridgehead atoms. The van der Waals surface area contributed by atoms with Gasteiger partial charge in [0.05, 0.1) is 6.10 Å². The van der Waals surface area contributed by atoms with Gasteiger partial charge in [0.1, 0.15) is 12.4 Å². The minimum absolute atomic E-state index is 0.0916. The highest BCUT2D eigenvalue weighted by Gasteiger charge is 2.24. The van der Waals surface area contributed by atoms with Crippen molar-refractivity contribution < 1.29 is 22.6 Å². The third kappa shape index (κ3) is 5.20. The summed E-state index contributed by atoms with van der Waals surface area (Å²) in [4.78, 5) is 0. The van der Waals surface area contributed by atoms with Crippen molar-refractivity contribution in [2.45, 2.75) is 44.6 Å². The van der Waals surface area contributed by atoms with Gasteiger partial charge in [-0.05, 0) is 79.0 Å². The second-order valence-electron chi connectivity index (χ2n) is 8.58. The van der Waals surface area contributed by atoms with E-state index in [1.54, 1.807) is 30.3 Å². The molecule has 34 heavy (non-hydrogen) atoms. The molecule has 1 saturated carbocycles. The third-order valence-electron chi connectivity index (χ3n) is 6.45. The van der Waals surface area contributed by atoms with Crippen LogP contribution in [0.15, 0.2) is 67.3 Å². The molecule has 5 heteroatoms. The maximum atomic E-state index is 15.0. The largest absolute Gasteiger partial charge is 0.486 e. The van der Waals surface area contributed by atoms with Gasteiger partial charge in [0.2, 0.25) is 5.82 Å². The summed E-state index contributed by atoms with van der Waals surface area (Å²) >= 11 is 0. The molecule has 0 atom stereocenters. The van der Waals surface area contributed by atoms with Gasteiger partial charge in [0.25, 0.3) is 0 Å². The molecule has 0 aromatic heterocycles. The molecule has 3 aromatic carbocycles. The molecule has 2 nitrogen and oxygen atoms in total. The van der Waals surface area contributed by atoms with Crippen molar-refractivity contribution in [3.8, 4) is 28.0 Å². The van der Waals surface area contributed by atoms with Gasteiger partial charge in [-0.1, -0.05) is 49.1 Å². The lowest BCUT2D eigenvalue weighted by atomic mass is 9.82. The molecule has 0 N–H and O–H groups in total. The Labute approximate surface area is 199 Å². The van der Waals surface area contributed by atoms with Gasteiger partial charge in [-0.15, -0.1) is 0 Å². The molecule has 1 aliphatic rings. The molecule has 178 valence electrons. The van der Waals surface area contributed by atoms with E-state index < -0.39 is 11.6 Å². The van der Waals surface area contributed by atoms with Crippen LogP contribution in [0.5, 0.6) is 5.75 Å². The van der Waals surface area contributed by atoms with Gasteiger partial charge in [-0.3, -0.25) is 0 Å². The summed E-state index contributed by atoms with van der Waals surface area (Å²) in [5.41, 5.74) is 2.97. The van der Waals surface area contributed by atoms with Crippen LogP contribution in [0.4, 0.5) is 13.2 Å². The van der Waals surface area contributed by atoms with Crippen LogP contribution in [0.1, 0.15) is 44.1 Å². The summed E-state index contributed by atoms with van der Waals surface area (Å²) in [6.07, 6.45) is 5.52. The van der Waals surface area contributed by atoms with Crippen LogP contribution in [-0.4, -0.2) is 19.3 Å². The molecule has 1 fully saturated rings. The fourth-order valence-corrected chi connectivity index (χ4v) is 4.67. The topological polar surface area (TPSA) is 18.5 Å². The predicted octanol–water partition coefficient (Wildman–Crippen LogP) is 8.07. The standard InChI is InChI=1S/C29H29F3O2/c1-3-17-34-27-16-15-25(28(31)29(27)32)21-7-5-19(6-8-21)22-11-14-24(26(30)18-22)20-9-12-23(13-10-20)33-4-2/h3,5-8,11,14-16,18,20,23H,1,4,9-10,12-13,17H2,2H3. The van der Waals surface area contributed by atoms with Gasteiger partial charge >= 0.3 is 0 Å². The Morgan fingerprint density at radius 2 is 1.53 bits per heavy atom. The third-order valence-corrected chi connectivity index (χ3v) is 6.45. The van der Waals surface area contributed by atoms with E-state index in [1.165, 1.54) is 18.2 Å². The summed E-state index contributed by atoms with van der Waals surface area (Å²) in [6.45, 7) is 6.31. The molecule has 1 aliphatic carbocycles. The van der Waals surface area contributed by atoms with Crippen LogP contribution in [0.25, 0.3) is 22.3 Å². The highest BCUT2D eigenvalue weighted by molar-refractivity contribution is 5.71. The number of hydrogen-bond acceptors (Lipinski definition) is 2. The summed E-state index contributed by atoms with van der Waals surface area (Å²) < 4.78 is 54.8. The predicted molar refractivity (Wildman–Crippen MR) is 130 cm³/mol. The molecule has 4 rings (SSSR count). The Morgan fingerprint density at radius 1 is 0.853 bits per heavy atom. The van der Waals surface area contributed by atoms with Crippen molar-refractivity contribution in [1.82, 2.24) is 0 Å². The van der Waals surface area contributed by atoms with Crippen LogP contribution in [-0.2, 0) is 4.74 Å². The van der Waals surface area contributed by atoms with Crippen LogP contribution in [0, 0.1) is 17.5 Å². The van der Waals surface area contributed by atoms with Gasteiger partial charge in [-0.25, -0.2) is 8.78 Å². The quantitative estimate of drug-likeness (QED) is 0.313. The molecular weight excluding hydrogens is 437 g/mol. The Balaban J connectivity index is 1.50. The average molecular weight is 467 g/mol. The highest BCUT2D eigenvalue weighted by Crippen LogP contribution is 2.37. The van der Waals surface area contributed by atoms with E-state index in [0.29, 0.717) is 12.2 Å². The monoisotopic (exact) mass is 466 g/mol. The van der Waals surface area contributed by atoms with Gasteiger partial charge in [-0.2, -0.15) is 4.39 Å². The van der Waals surface area contributed by atoms with Crippen molar-refractivity contribution in [2.75, 3.05) is 13.2 Å². The first-order chi connectivity index (χ1) is 16.5. The van der Waals surface area contributed by atoms with E-state index in [0.717, 1.165) is 42.4 Å². The molecule has 0 aliphatic heterocycles. The van der Waals surface area contributed by atoms with Crippen LogP contribution < -0.4 is 4.74 Å². The van der Waals surface area contributed by atoms with Crippen LogP contribution in [0.2, 0.25) is 0 Å². The van der Waals surface area contributed by atoms with Gasteiger partial charge in [0, 0.05) is 12.2 Å². The molecular formula is C29H29F3O2. The average Bonchev–Trinajstić information content (AvgIpc) is 2.86. The Kier molecular flexibility index (Phi) is 7.73. The number of rotatable bonds is 8. The SMILES string of the molecule is C=CCOc1ccc(-c2ccc(-c3ccc(C4CCC(OCC)CC4)c(F)c3)cc2)c(F)c1F. The molecule has 0 heterocycles. The van der Waals surface area contributed by atoms with E-state index in [2.05, 4.69) is 6.58 Å². The van der Waals surface area contributed by atoms with E-state index >= 15 is 0 Å². The van der Waals surface area contributed by atoms with E-state index in [-0.39, 0.29) is 35.8 Å². The van der Waals surface area contributed by atoms with Crippen molar-refractivity contribution in [3.63, 3.8) is 0 Å². The zero-order valence-electron chi connectivity index (χ0n) is 19.3. The number of benzene rings is 3. The molecule has 0 unspecified atom stereocenters. The molecule has 0 spiro atoms. The lowest BCUT2D eigenvalue weighted by Gasteiger charge is -2.28. The second-order valence-corrected chi connectivity index (χ2v) is 8.58. The summed E-state index contributed by atoms with van der Waals surface area (Å²) in [7, 11) is 0. The molecule has 0 saturated heterocycles. The lowest BCUT2D eigenvalue weighted by molar-refractivity contribution is 0.0326. The summed E-state index contributed by atoms with van der Waals surface area (Å²) in [5.74, 6) is -2.14. The number of ether oxygens (including phenoxy) is 2. The molecule has 0 radical (unpaired) electrons. The fourth-order valence-electron chi connectivity index (χ4n) is 4.67.